The molecule has 0 N–H and O–H groups in total. The SMILES string of the molecule is C=CC(=O)C=C.C=COC(=O)CC. The molecule has 0 amide bonds. The topological polar surface area (TPSA) is 43.4 Å². The van der Waals surface area contributed by atoms with Crippen LogP contribution in [0, 0.1) is 0 Å². The molecule has 0 rings (SSSR count). The van der Waals surface area contributed by atoms with Gasteiger partial charge in [-0.05, 0) is 12.2 Å². The average molecular weight is 182 g/mol. The normalized spacial score (nSPS) is 7.15. The van der Waals surface area contributed by atoms with Gasteiger partial charge in [0, 0.05) is 6.42 Å². The van der Waals surface area contributed by atoms with Crippen LogP contribution >= 0.6 is 0 Å². The maximum atomic E-state index is 10.1. The van der Waals surface area contributed by atoms with Crippen LogP contribution in [0.25, 0.3) is 0 Å². The molecule has 0 unspecified atom stereocenters. The van der Waals surface area contributed by atoms with Crippen LogP contribution in [0.4, 0.5) is 0 Å². The second-order valence-corrected chi connectivity index (χ2v) is 1.82. The molecule has 0 fully saturated rings. The molecule has 0 bridgehead atoms. The van der Waals surface area contributed by atoms with Gasteiger partial charge < -0.3 is 4.74 Å². The number of hydrogen-bond acceptors (Lipinski definition) is 3. The number of allylic oxidation sites excluding steroid dienone is 2. The molecule has 3 heteroatoms. The molecule has 0 aliphatic rings. The van der Waals surface area contributed by atoms with Gasteiger partial charge in [-0.2, -0.15) is 0 Å². The summed E-state index contributed by atoms with van der Waals surface area (Å²) in [6.45, 7) is 11.4. The van der Waals surface area contributed by atoms with Crippen LogP contribution in [0.1, 0.15) is 13.3 Å². The van der Waals surface area contributed by atoms with E-state index in [-0.39, 0.29) is 11.8 Å². The molecule has 0 aliphatic heterocycles. The van der Waals surface area contributed by atoms with Crippen molar-refractivity contribution in [2.45, 2.75) is 13.3 Å². The van der Waals surface area contributed by atoms with E-state index in [4.69, 9.17) is 0 Å². The summed E-state index contributed by atoms with van der Waals surface area (Å²) >= 11 is 0. The Hall–Kier alpha value is -1.64. The van der Waals surface area contributed by atoms with Crippen molar-refractivity contribution in [2.75, 3.05) is 0 Å². The van der Waals surface area contributed by atoms with Crippen molar-refractivity contribution < 1.29 is 14.3 Å². The molecular formula is C10H14O3. The Bertz CT molecular complexity index is 194. The zero-order valence-electron chi connectivity index (χ0n) is 7.79. The summed E-state index contributed by atoms with van der Waals surface area (Å²) in [6, 6.07) is 0. The lowest BCUT2D eigenvalue weighted by molar-refractivity contribution is -0.137. The quantitative estimate of drug-likeness (QED) is 0.379. The van der Waals surface area contributed by atoms with Gasteiger partial charge in [-0.1, -0.05) is 26.7 Å². The standard InChI is InChI=1S/C5H8O2.C5H6O/c1-3-5(6)7-4-2;1-3-5(6)4-2/h4H,2-3H2,1H3;3-4H,1-2H2. The number of esters is 1. The Morgan fingerprint density at radius 2 is 1.69 bits per heavy atom. The first-order valence-electron chi connectivity index (χ1n) is 3.71. The van der Waals surface area contributed by atoms with E-state index in [1.54, 1.807) is 6.92 Å². The molecule has 0 radical (unpaired) electrons. The highest BCUT2D eigenvalue weighted by Crippen LogP contribution is 1.81. The molecule has 0 aromatic heterocycles. The molecule has 0 aromatic rings. The molecule has 0 aliphatic carbocycles. The number of hydrogen-bond donors (Lipinski definition) is 0. The van der Waals surface area contributed by atoms with Gasteiger partial charge in [0.2, 0.25) is 0 Å². The lowest BCUT2D eigenvalue weighted by Gasteiger charge is -1.88. The van der Waals surface area contributed by atoms with Gasteiger partial charge in [-0.25, -0.2) is 0 Å². The Morgan fingerprint density at radius 1 is 1.23 bits per heavy atom. The zero-order chi connectivity index (χ0) is 10.7. The van der Waals surface area contributed by atoms with Crippen molar-refractivity contribution in [3.63, 3.8) is 0 Å². The fourth-order valence-electron chi connectivity index (χ4n) is 0.260. The van der Waals surface area contributed by atoms with Gasteiger partial charge in [0.05, 0.1) is 6.26 Å². The van der Waals surface area contributed by atoms with E-state index in [2.05, 4.69) is 24.5 Å². The Morgan fingerprint density at radius 3 is 1.77 bits per heavy atom. The van der Waals surface area contributed by atoms with Crippen molar-refractivity contribution in [2.24, 2.45) is 0 Å². The van der Waals surface area contributed by atoms with Gasteiger partial charge in [0.25, 0.3) is 0 Å². The van der Waals surface area contributed by atoms with Crippen molar-refractivity contribution in [1.82, 2.24) is 0 Å². The largest absolute Gasteiger partial charge is 0.435 e. The molecule has 0 heterocycles. The first kappa shape index (κ1) is 13.9. The van der Waals surface area contributed by atoms with E-state index >= 15 is 0 Å². The monoisotopic (exact) mass is 182 g/mol. The minimum absolute atomic E-state index is 0.130. The van der Waals surface area contributed by atoms with Gasteiger partial charge in [0.1, 0.15) is 0 Å². The Balaban J connectivity index is 0. The molecule has 0 spiro atoms. The minimum Gasteiger partial charge on any atom is -0.435 e. The van der Waals surface area contributed by atoms with Crippen LogP contribution in [0.15, 0.2) is 38.2 Å². The molecule has 0 aromatic carbocycles. The predicted molar refractivity (Wildman–Crippen MR) is 52.0 cm³/mol. The highest BCUT2D eigenvalue weighted by molar-refractivity contribution is 5.98. The van der Waals surface area contributed by atoms with E-state index in [1.807, 2.05) is 0 Å². The second kappa shape index (κ2) is 10.4. The number of carbonyl (C=O) groups excluding carboxylic acids is 2. The summed E-state index contributed by atoms with van der Waals surface area (Å²) in [6.07, 6.45) is 3.97. The van der Waals surface area contributed by atoms with E-state index in [9.17, 15) is 9.59 Å². The average Bonchev–Trinajstić information content (AvgIpc) is 2.18. The Labute approximate surface area is 78.4 Å². The highest BCUT2D eigenvalue weighted by atomic mass is 16.5. The fraction of sp³-hybridized carbons (Fsp3) is 0.200. The third-order valence-electron chi connectivity index (χ3n) is 0.906. The summed E-state index contributed by atoms with van der Waals surface area (Å²) in [5.74, 6) is -0.370. The summed E-state index contributed by atoms with van der Waals surface area (Å²) in [5.41, 5.74) is 0. The van der Waals surface area contributed by atoms with Crippen molar-refractivity contribution >= 4 is 11.8 Å². The number of ketones is 1. The number of carbonyl (C=O) groups is 2. The van der Waals surface area contributed by atoms with Crippen LogP contribution in [0.2, 0.25) is 0 Å². The van der Waals surface area contributed by atoms with Crippen LogP contribution in [-0.2, 0) is 14.3 Å². The summed E-state index contributed by atoms with van der Waals surface area (Å²) < 4.78 is 4.32. The van der Waals surface area contributed by atoms with Crippen molar-refractivity contribution in [3.8, 4) is 0 Å². The van der Waals surface area contributed by atoms with E-state index < -0.39 is 0 Å². The molecule has 72 valence electrons. The van der Waals surface area contributed by atoms with Gasteiger partial charge in [0.15, 0.2) is 5.78 Å². The van der Waals surface area contributed by atoms with E-state index in [0.29, 0.717) is 6.42 Å². The van der Waals surface area contributed by atoms with E-state index in [1.165, 1.54) is 12.2 Å². The van der Waals surface area contributed by atoms with Gasteiger partial charge in [-0.15, -0.1) is 0 Å². The third-order valence-corrected chi connectivity index (χ3v) is 0.906. The van der Waals surface area contributed by atoms with E-state index in [0.717, 1.165) is 6.26 Å². The van der Waals surface area contributed by atoms with Crippen LogP contribution in [0.3, 0.4) is 0 Å². The summed E-state index contributed by atoms with van der Waals surface area (Å²) in [4.78, 5) is 20.1. The van der Waals surface area contributed by atoms with Crippen molar-refractivity contribution in [3.05, 3.63) is 38.2 Å². The van der Waals surface area contributed by atoms with Gasteiger partial charge in [-0.3, -0.25) is 9.59 Å². The number of rotatable bonds is 4. The minimum atomic E-state index is -0.241. The van der Waals surface area contributed by atoms with Crippen LogP contribution < -0.4 is 0 Å². The predicted octanol–water partition coefficient (Wildman–Crippen LogP) is 2.01. The molecule has 0 atom stereocenters. The van der Waals surface area contributed by atoms with Crippen LogP contribution in [0.5, 0.6) is 0 Å². The molecule has 3 nitrogen and oxygen atoms in total. The molecular weight excluding hydrogens is 168 g/mol. The smallest absolute Gasteiger partial charge is 0.310 e. The lowest BCUT2D eigenvalue weighted by atomic mass is 10.4. The zero-order valence-corrected chi connectivity index (χ0v) is 7.79. The van der Waals surface area contributed by atoms with Crippen molar-refractivity contribution in [1.29, 1.82) is 0 Å². The summed E-state index contributed by atoms with van der Waals surface area (Å²) in [7, 11) is 0. The maximum Gasteiger partial charge on any atom is 0.310 e. The summed E-state index contributed by atoms with van der Waals surface area (Å²) in [5, 5.41) is 0. The molecule has 0 saturated carbocycles. The first-order valence-corrected chi connectivity index (χ1v) is 3.71. The third kappa shape index (κ3) is 13.4. The highest BCUT2D eigenvalue weighted by Gasteiger charge is 1.89. The number of ether oxygens (including phenoxy) is 1. The van der Waals surface area contributed by atoms with Gasteiger partial charge >= 0.3 is 5.97 Å². The molecule has 13 heavy (non-hydrogen) atoms. The molecule has 0 saturated heterocycles. The maximum absolute atomic E-state index is 10.1. The second-order valence-electron chi connectivity index (χ2n) is 1.82. The van der Waals surface area contributed by atoms with Crippen LogP contribution in [-0.4, -0.2) is 11.8 Å². The first-order chi connectivity index (χ1) is 6.12. The Kier molecular flexibility index (Phi) is 11.1. The lowest BCUT2D eigenvalue weighted by Crippen LogP contribution is -1.94. The fourth-order valence-corrected chi connectivity index (χ4v) is 0.260.